The summed E-state index contributed by atoms with van der Waals surface area (Å²) in [5.41, 5.74) is 6.15. The van der Waals surface area contributed by atoms with Crippen LogP contribution >= 0.6 is 0 Å². The van der Waals surface area contributed by atoms with Gasteiger partial charge in [0, 0.05) is 6.54 Å². The van der Waals surface area contributed by atoms with E-state index in [9.17, 15) is 9.59 Å². The highest BCUT2D eigenvalue weighted by atomic mass is 16.5. The Morgan fingerprint density at radius 1 is 0.727 bits per heavy atom. The molecular formula is C27H27NO5. The molecule has 0 aromatic heterocycles. The van der Waals surface area contributed by atoms with E-state index >= 15 is 0 Å². The van der Waals surface area contributed by atoms with E-state index in [0.29, 0.717) is 41.3 Å². The van der Waals surface area contributed by atoms with Crippen molar-refractivity contribution in [3.05, 3.63) is 76.3 Å². The van der Waals surface area contributed by atoms with Crippen molar-refractivity contribution in [2.45, 2.75) is 20.3 Å². The molecule has 0 radical (unpaired) electrons. The first kappa shape index (κ1) is 22.4. The Morgan fingerprint density at radius 3 is 1.79 bits per heavy atom. The van der Waals surface area contributed by atoms with Crippen LogP contribution < -0.4 is 14.2 Å². The Kier molecular flexibility index (Phi) is 6.09. The molecule has 0 aliphatic carbocycles. The largest absolute Gasteiger partial charge is 0.493 e. The van der Waals surface area contributed by atoms with E-state index in [4.69, 9.17) is 14.2 Å². The van der Waals surface area contributed by atoms with E-state index in [1.807, 2.05) is 12.1 Å². The molecule has 0 bridgehead atoms. The zero-order valence-electron chi connectivity index (χ0n) is 19.5. The lowest BCUT2D eigenvalue weighted by molar-refractivity contribution is 0.0656. The second kappa shape index (κ2) is 8.98. The molecule has 4 rings (SSSR count). The predicted octanol–water partition coefficient (Wildman–Crippen LogP) is 4.83. The Labute approximate surface area is 193 Å². The molecule has 6 heteroatoms. The first-order chi connectivity index (χ1) is 15.9. The number of amides is 2. The van der Waals surface area contributed by atoms with Gasteiger partial charge in [-0.05, 0) is 72.4 Å². The number of benzene rings is 3. The van der Waals surface area contributed by atoms with E-state index in [-0.39, 0.29) is 11.8 Å². The van der Waals surface area contributed by atoms with Crippen molar-refractivity contribution < 1.29 is 23.8 Å². The average molecular weight is 446 g/mol. The number of aryl methyl sites for hydroxylation is 2. The SMILES string of the molecule is COc1cc(-c2cc(C)c(C)cc2CCN2C(=O)c3ccccc3C2=O)cc(OC)c1OC. The minimum atomic E-state index is -0.242. The first-order valence-corrected chi connectivity index (χ1v) is 10.7. The van der Waals surface area contributed by atoms with Crippen molar-refractivity contribution in [1.29, 1.82) is 0 Å². The van der Waals surface area contributed by atoms with E-state index in [1.54, 1.807) is 45.6 Å². The second-order valence-corrected chi connectivity index (χ2v) is 8.07. The maximum atomic E-state index is 12.8. The van der Waals surface area contributed by atoms with E-state index in [1.165, 1.54) is 4.90 Å². The van der Waals surface area contributed by atoms with Gasteiger partial charge in [-0.3, -0.25) is 14.5 Å². The molecular weight excluding hydrogens is 418 g/mol. The monoisotopic (exact) mass is 445 g/mol. The van der Waals surface area contributed by atoms with Crippen molar-refractivity contribution in [2.24, 2.45) is 0 Å². The molecule has 2 amide bonds. The lowest BCUT2D eigenvalue weighted by Crippen LogP contribution is -2.31. The molecule has 0 saturated carbocycles. The predicted molar refractivity (Wildman–Crippen MR) is 127 cm³/mol. The summed E-state index contributed by atoms with van der Waals surface area (Å²) in [4.78, 5) is 26.9. The molecule has 3 aromatic rings. The molecule has 0 saturated heterocycles. The zero-order chi connectivity index (χ0) is 23.7. The second-order valence-electron chi connectivity index (χ2n) is 8.07. The van der Waals surface area contributed by atoms with Gasteiger partial charge in [0.15, 0.2) is 11.5 Å². The van der Waals surface area contributed by atoms with Crippen molar-refractivity contribution in [1.82, 2.24) is 4.90 Å². The molecule has 0 spiro atoms. The third kappa shape index (κ3) is 3.93. The topological polar surface area (TPSA) is 65.1 Å². The summed E-state index contributed by atoms with van der Waals surface area (Å²) in [6, 6.07) is 15.0. The quantitative estimate of drug-likeness (QED) is 0.487. The fourth-order valence-electron chi connectivity index (χ4n) is 4.26. The zero-order valence-corrected chi connectivity index (χ0v) is 19.5. The van der Waals surface area contributed by atoms with Crippen molar-refractivity contribution >= 4 is 11.8 Å². The molecule has 0 atom stereocenters. The average Bonchev–Trinajstić information content (AvgIpc) is 3.08. The van der Waals surface area contributed by atoms with Gasteiger partial charge >= 0.3 is 0 Å². The van der Waals surface area contributed by atoms with Gasteiger partial charge in [-0.25, -0.2) is 0 Å². The smallest absolute Gasteiger partial charge is 0.261 e. The van der Waals surface area contributed by atoms with Crippen LogP contribution in [0.1, 0.15) is 37.4 Å². The summed E-state index contributed by atoms with van der Waals surface area (Å²) in [6.45, 7) is 4.41. The van der Waals surface area contributed by atoms with Crippen LogP contribution in [0.3, 0.4) is 0 Å². The van der Waals surface area contributed by atoms with Gasteiger partial charge in [-0.15, -0.1) is 0 Å². The lowest BCUT2D eigenvalue weighted by atomic mass is 9.92. The molecule has 3 aromatic carbocycles. The molecule has 0 fully saturated rings. The van der Waals surface area contributed by atoms with Gasteiger partial charge in [0.25, 0.3) is 11.8 Å². The third-order valence-corrected chi connectivity index (χ3v) is 6.18. The lowest BCUT2D eigenvalue weighted by Gasteiger charge is -2.19. The highest BCUT2D eigenvalue weighted by molar-refractivity contribution is 6.21. The molecule has 1 aliphatic heterocycles. The van der Waals surface area contributed by atoms with Gasteiger partial charge in [0.1, 0.15) is 0 Å². The minimum absolute atomic E-state index is 0.242. The van der Waals surface area contributed by atoms with E-state index in [0.717, 1.165) is 27.8 Å². The number of rotatable bonds is 7. The van der Waals surface area contributed by atoms with Gasteiger partial charge in [-0.2, -0.15) is 0 Å². The fraction of sp³-hybridized carbons (Fsp3) is 0.259. The van der Waals surface area contributed by atoms with Crippen LogP contribution in [0, 0.1) is 13.8 Å². The molecule has 170 valence electrons. The number of carbonyl (C=O) groups is 2. The Balaban J connectivity index is 1.71. The highest BCUT2D eigenvalue weighted by Crippen LogP contribution is 2.42. The molecule has 33 heavy (non-hydrogen) atoms. The number of hydrogen-bond acceptors (Lipinski definition) is 5. The summed E-state index contributed by atoms with van der Waals surface area (Å²) < 4.78 is 16.5. The molecule has 0 N–H and O–H groups in total. The summed E-state index contributed by atoms with van der Waals surface area (Å²) in [7, 11) is 4.75. The van der Waals surface area contributed by atoms with E-state index < -0.39 is 0 Å². The standard InChI is InChI=1S/C27H27NO5/c1-16-12-18(10-11-28-26(29)20-8-6-7-9-21(20)27(28)30)22(13-17(16)2)19-14-23(31-3)25(33-5)24(15-19)32-4/h6-9,12-15H,10-11H2,1-5H3. The van der Waals surface area contributed by atoms with E-state index in [2.05, 4.69) is 26.0 Å². The number of imide groups is 1. The maximum absolute atomic E-state index is 12.8. The molecule has 1 aliphatic rings. The van der Waals surface area contributed by atoms with Crippen LogP contribution in [-0.4, -0.2) is 44.6 Å². The maximum Gasteiger partial charge on any atom is 0.261 e. The van der Waals surface area contributed by atoms with Crippen LogP contribution in [0.2, 0.25) is 0 Å². The summed E-state index contributed by atoms with van der Waals surface area (Å²) in [5, 5.41) is 0. The van der Waals surface area contributed by atoms with Crippen LogP contribution in [0.5, 0.6) is 17.2 Å². The number of fused-ring (bicyclic) bond motifs is 1. The van der Waals surface area contributed by atoms with Crippen molar-refractivity contribution in [3.8, 4) is 28.4 Å². The van der Waals surface area contributed by atoms with Crippen molar-refractivity contribution in [2.75, 3.05) is 27.9 Å². The normalized spacial score (nSPS) is 12.7. The first-order valence-electron chi connectivity index (χ1n) is 10.7. The molecule has 1 heterocycles. The van der Waals surface area contributed by atoms with Gasteiger partial charge in [0.2, 0.25) is 5.75 Å². The minimum Gasteiger partial charge on any atom is -0.493 e. The number of hydrogen-bond donors (Lipinski definition) is 0. The number of nitrogens with zero attached hydrogens (tertiary/aromatic N) is 1. The van der Waals surface area contributed by atoms with Gasteiger partial charge in [-0.1, -0.05) is 24.3 Å². The third-order valence-electron chi connectivity index (χ3n) is 6.18. The van der Waals surface area contributed by atoms with Gasteiger partial charge < -0.3 is 14.2 Å². The number of methoxy groups -OCH3 is 3. The summed E-state index contributed by atoms with van der Waals surface area (Å²) in [6.07, 6.45) is 0.526. The fourth-order valence-corrected chi connectivity index (χ4v) is 4.26. The summed E-state index contributed by atoms with van der Waals surface area (Å²) >= 11 is 0. The number of carbonyl (C=O) groups excluding carboxylic acids is 2. The molecule has 0 unspecified atom stereocenters. The number of ether oxygens (including phenoxy) is 3. The molecule has 6 nitrogen and oxygen atoms in total. The van der Waals surface area contributed by atoms with Crippen LogP contribution in [-0.2, 0) is 6.42 Å². The summed E-state index contributed by atoms with van der Waals surface area (Å²) in [5.74, 6) is 1.18. The van der Waals surface area contributed by atoms with Crippen LogP contribution in [0.4, 0.5) is 0 Å². The Morgan fingerprint density at radius 2 is 1.27 bits per heavy atom. The highest BCUT2D eigenvalue weighted by Gasteiger charge is 2.34. The van der Waals surface area contributed by atoms with Crippen LogP contribution in [0.25, 0.3) is 11.1 Å². The van der Waals surface area contributed by atoms with Gasteiger partial charge in [0.05, 0.1) is 32.5 Å². The van der Waals surface area contributed by atoms with Crippen molar-refractivity contribution in [3.63, 3.8) is 0 Å². The Bertz CT molecular complexity index is 1190. The van der Waals surface area contributed by atoms with Crippen LogP contribution in [0.15, 0.2) is 48.5 Å². The Hall–Kier alpha value is -3.80.